The van der Waals surface area contributed by atoms with E-state index in [1.165, 1.54) is 13.2 Å². The van der Waals surface area contributed by atoms with Gasteiger partial charge in [-0.15, -0.1) is 0 Å². The quantitative estimate of drug-likeness (QED) is 0.846. The van der Waals surface area contributed by atoms with E-state index in [-0.39, 0.29) is 17.5 Å². The zero-order valence-electron chi connectivity index (χ0n) is 13.3. The minimum atomic E-state index is -1.25. The van der Waals surface area contributed by atoms with Crippen LogP contribution in [0.3, 0.4) is 0 Å². The van der Waals surface area contributed by atoms with E-state index in [1.54, 1.807) is 24.3 Å². The zero-order chi connectivity index (χ0) is 18.4. The maximum atomic E-state index is 13.8. The van der Waals surface area contributed by atoms with Gasteiger partial charge in [0.2, 0.25) is 5.91 Å². The van der Waals surface area contributed by atoms with Crippen LogP contribution in [0.15, 0.2) is 42.5 Å². The summed E-state index contributed by atoms with van der Waals surface area (Å²) < 4.78 is 31.3. The lowest BCUT2D eigenvalue weighted by Gasteiger charge is -2.13. The van der Waals surface area contributed by atoms with Gasteiger partial charge in [0.25, 0.3) is 0 Å². The van der Waals surface area contributed by atoms with Crippen molar-refractivity contribution in [3.05, 3.63) is 70.8 Å². The first-order chi connectivity index (χ1) is 11.9. The summed E-state index contributed by atoms with van der Waals surface area (Å²) >= 11 is 0. The molecule has 2 aromatic rings. The van der Waals surface area contributed by atoms with Crippen molar-refractivity contribution >= 4 is 11.9 Å². The summed E-state index contributed by atoms with van der Waals surface area (Å²) in [6.07, 6.45) is -0.119. The van der Waals surface area contributed by atoms with Crippen LogP contribution in [0.25, 0.3) is 0 Å². The van der Waals surface area contributed by atoms with E-state index in [1.807, 2.05) is 0 Å². The molecule has 0 aliphatic rings. The molecule has 0 saturated carbocycles. The summed E-state index contributed by atoms with van der Waals surface area (Å²) in [7, 11) is 1.25. The molecule has 0 aromatic heterocycles. The van der Waals surface area contributed by atoms with E-state index in [4.69, 9.17) is 5.26 Å². The van der Waals surface area contributed by atoms with Gasteiger partial charge < -0.3 is 10.1 Å². The SMILES string of the molecule is COC(=O)c1cccc(CC(=O)NC(C#N)c2ccc(F)cc2F)c1. The lowest BCUT2D eigenvalue weighted by Crippen LogP contribution is -2.29. The molecule has 0 heterocycles. The van der Waals surface area contributed by atoms with Crippen molar-refractivity contribution in [2.45, 2.75) is 12.5 Å². The Kier molecular flexibility index (Phi) is 5.79. The lowest BCUT2D eigenvalue weighted by molar-refractivity contribution is -0.120. The third-order valence-corrected chi connectivity index (χ3v) is 3.42. The smallest absolute Gasteiger partial charge is 0.337 e. The molecule has 0 spiro atoms. The molecule has 1 unspecified atom stereocenters. The number of nitriles is 1. The number of methoxy groups -OCH3 is 1. The highest BCUT2D eigenvalue weighted by Crippen LogP contribution is 2.18. The van der Waals surface area contributed by atoms with Gasteiger partial charge in [-0.2, -0.15) is 5.26 Å². The van der Waals surface area contributed by atoms with Crippen LogP contribution < -0.4 is 5.32 Å². The highest BCUT2D eigenvalue weighted by Gasteiger charge is 2.18. The van der Waals surface area contributed by atoms with Crippen LogP contribution in [0.4, 0.5) is 8.78 Å². The van der Waals surface area contributed by atoms with Gasteiger partial charge in [-0.05, 0) is 23.8 Å². The third kappa shape index (κ3) is 4.61. The Labute approximate surface area is 142 Å². The number of esters is 1. The second-order valence-electron chi connectivity index (χ2n) is 5.16. The van der Waals surface area contributed by atoms with Crippen molar-refractivity contribution < 1.29 is 23.1 Å². The summed E-state index contributed by atoms with van der Waals surface area (Å²) in [6.45, 7) is 0. The number of benzene rings is 2. The van der Waals surface area contributed by atoms with E-state index in [2.05, 4.69) is 10.1 Å². The Bertz CT molecular complexity index is 846. The molecule has 2 rings (SSSR count). The molecule has 5 nitrogen and oxygen atoms in total. The molecule has 1 N–H and O–H groups in total. The van der Waals surface area contributed by atoms with Crippen molar-refractivity contribution in [3.63, 3.8) is 0 Å². The molecule has 1 atom stereocenters. The Hall–Kier alpha value is -3.27. The van der Waals surface area contributed by atoms with Gasteiger partial charge in [0.1, 0.15) is 17.7 Å². The maximum Gasteiger partial charge on any atom is 0.337 e. The minimum Gasteiger partial charge on any atom is -0.465 e. The molecule has 2 aromatic carbocycles. The number of hydrogen-bond acceptors (Lipinski definition) is 4. The third-order valence-electron chi connectivity index (χ3n) is 3.42. The van der Waals surface area contributed by atoms with Gasteiger partial charge in [-0.25, -0.2) is 13.6 Å². The number of nitrogens with zero attached hydrogens (tertiary/aromatic N) is 1. The fourth-order valence-electron chi connectivity index (χ4n) is 2.24. The zero-order valence-corrected chi connectivity index (χ0v) is 13.3. The summed E-state index contributed by atoms with van der Waals surface area (Å²) in [6, 6.07) is 9.53. The second kappa shape index (κ2) is 8.02. The lowest BCUT2D eigenvalue weighted by atomic mass is 10.1. The van der Waals surface area contributed by atoms with Gasteiger partial charge in [-0.3, -0.25) is 4.79 Å². The number of hydrogen-bond donors (Lipinski definition) is 1. The molecule has 25 heavy (non-hydrogen) atoms. The first-order valence-corrected chi connectivity index (χ1v) is 7.25. The molecule has 1 amide bonds. The first kappa shape index (κ1) is 18.1. The van der Waals surface area contributed by atoms with Crippen molar-refractivity contribution in [2.75, 3.05) is 7.11 Å². The van der Waals surface area contributed by atoms with E-state index in [9.17, 15) is 18.4 Å². The number of carbonyl (C=O) groups excluding carboxylic acids is 2. The summed E-state index contributed by atoms with van der Waals surface area (Å²) in [4.78, 5) is 23.6. The summed E-state index contributed by atoms with van der Waals surface area (Å²) in [5.41, 5.74) is 0.687. The predicted molar refractivity (Wildman–Crippen MR) is 84.3 cm³/mol. The molecule has 0 radical (unpaired) electrons. The Morgan fingerprint density at radius 1 is 1.24 bits per heavy atom. The van der Waals surface area contributed by atoms with E-state index in [0.29, 0.717) is 11.6 Å². The van der Waals surface area contributed by atoms with Crippen molar-refractivity contribution in [3.8, 4) is 6.07 Å². The molecular weight excluding hydrogens is 330 g/mol. The monoisotopic (exact) mass is 344 g/mol. The predicted octanol–water partition coefficient (Wildman–Crippen LogP) is 2.67. The molecule has 0 fully saturated rings. The minimum absolute atomic E-state index is 0.119. The molecule has 0 aliphatic carbocycles. The number of amides is 1. The number of nitrogens with one attached hydrogen (secondary N) is 1. The van der Waals surface area contributed by atoms with Crippen molar-refractivity contribution in [2.24, 2.45) is 0 Å². The average molecular weight is 344 g/mol. The van der Waals surface area contributed by atoms with Crippen LogP contribution in [-0.2, 0) is 16.0 Å². The fourth-order valence-corrected chi connectivity index (χ4v) is 2.24. The van der Waals surface area contributed by atoms with Gasteiger partial charge in [0, 0.05) is 11.6 Å². The highest BCUT2D eigenvalue weighted by molar-refractivity contribution is 5.90. The van der Waals surface area contributed by atoms with Crippen LogP contribution in [-0.4, -0.2) is 19.0 Å². The standard InChI is InChI=1S/C18H14F2N2O3/c1-25-18(24)12-4-2-3-11(7-12)8-17(23)22-16(10-21)14-6-5-13(19)9-15(14)20/h2-7,9,16H,8H2,1H3,(H,22,23). The van der Waals surface area contributed by atoms with E-state index < -0.39 is 29.6 Å². The first-order valence-electron chi connectivity index (χ1n) is 7.25. The molecule has 128 valence electrons. The second-order valence-corrected chi connectivity index (χ2v) is 5.16. The van der Waals surface area contributed by atoms with Crippen LogP contribution in [0.5, 0.6) is 0 Å². The number of carbonyl (C=O) groups is 2. The largest absolute Gasteiger partial charge is 0.465 e. The average Bonchev–Trinajstić information content (AvgIpc) is 2.59. The molecular formula is C18H14F2N2O3. The topological polar surface area (TPSA) is 79.2 Å². The van der Waals surface area contributed by atoms with E-state index >= 15 is 0 Å². The Morgan fingerprint density at radius 3 is 2.64 bits per heavy atom. The van der Waals surface area contributed by atoms with Crippen LogP contribution in [0, 0.1) is 23.0 Å². The molecule has 0 bridgehead atoms. The van der Waals surface area contributed by atoms with Gasteiger partial charge in [0.05, 0.1) is 25.2 Å². The Morgan fingerprint density at radius 2 is 2.00 bits per heavy atom. The Balaban J connectivity index is 2.11. The maximum absolute atomic E-state index is 13.8. The number of ether oxygens (including phenoxy) is 1. The van der Waals surface area contributed by atoms with Gasteiger partial charge in [0.15, 0.2) is 0 Å². The van der Waals surface area contributed by atoms with Crippen molar-refractivity contribution in [1.29, 1.82) is 5.26 Å². The molecule has 0 saturated heterocycles. The van der Waals surface area contributed by atoms with Crippen molar-refractivity contribution in [1.82, 2.24) is 5.32 Å². The normalized spacial score (nSPS) is 11.3. The summed E-state index contributed by atoms with van der Waals surface area (Å²) in [5.74, 6) is -2.77. The van der Waals surface area contributed by atoms with E-state index in [0.717, 1.165) is 12.1 Å². The summed E-state index contributed by atoms with van der Waals surface area (Å²) in [5, 5.41) is 11.5. The van der Waals surface area contributed by atoms with Gasteiger partial charge in [-0.1, -0.05) is 18.2 Å². The molecule has 7 heteroatoms. The number of halogens is 2. The van der Waals surface area contributed by atoms with Crippen LogP contribution in [0.1, 0.15) is 27.5 Å². The molecule has 0 aliphatic heterocycles. The van der Waals surface area contributed by atoms with Gasteiger partial charge >= 0.3 is 5.97 Å². The van der Waals surface area contributed by atoms with Crippen LogP contribution >= 0.6 is 0 Å². The fraction of sp³-hybridized carbons (Fsp3) is 0.167. The highest BCUT2D eigenvalue weighted by atomic mass is 19.1. The number of rotatable bonds is 5. The van der Waals surface area contributed by atoms with Crippen LogP contribution in [0.2, 0.25) is 0 Å².